The standard InChI is InChI=1S/C11H18N4O/c1-7-8(2)14-15-11(13-7)16-10-4-9(5-10)6-12-3/h9-10,12H,4-6H2,1-3H3. The topological polar surface area (TPSA) is 59.9 Å². The minimum Gasteiger partial charge on any atom is -0.459 e. The van der Waals surface area contributed by atoms with Crippen molar-refractivity contribution < 1.29 is 4.74 Å². The van der Waals surface area contributed by atoms with E-state index in [0.29, 0.717) is 6.01 Å². The summed E-state index contributed by atoms with van der Waals surface area (Å²) in [6.07, 6.45) is 2.43. The molecular weight excluding hydrogens is 204 g/mol. The summed E-state index contributed by atoms with van der Waals surface area (Å²) in [4.78, 5) is 4.25. The first-order chi connectivity index (χ1) is 7.69. The number of hydrogen-bond acceptors (Lipinski definition) is 5. The van der Waals surface area contributed by atoms with E-state index in [1.54, 1.807) is 0 Å². The third-order valence-electron chi connectivity index (χ3n) is 3.03. The van der Waals surface area contributed by atoms with E-state index in [9.17, 15) is 0 Å². The average Bonchev–Trinajstić information content (AvgIpc) is 2.20. The van der Waals surface area contributed by atoms with Gasteiger partial charge in [-0.2, -0.15) is 4.98 Å². The molecule has 1 aliphatic rings. The summed E-state index contributed by atoms with van der Waals surface area (Å²) in [6, 6.07) is 0.413. The molecule has 0 radical (unpaired) electrons. The van der Waals surface area contributed by atoms with Gasteiger partial charge in [-0.05, 0) is 46.2 Å². The second-order valence-corrected chi connectivity index (χ2v) is 4.40. The molecule has 16 heavy (non-hydrogen) atoms. The predicted molar refractivity (Wildman–Crippen MR) is 60.4 cm³/mol. The van der Waals surface area contributed by atoms with Crippen LogP contribution < -0.4 is 10.1 Å². The van der Waals surface area contributed by atoms with E-state index < -0.39 is 0 Å². The Morgan fingerprint density at radius 1 is 1.25 bits per heavy atom. The largest absolute Gasteiger partial charge is 0.459 e. The lowest BCUT2D eigenvalue weighted by Gasteiger charge is -2.34. The van der Waals surface area contributed by atoms with Gasteiger partial charge < -0.3 is 10.1 Å². The molecule has 1 heterocycles. The fourth-order valence-electron chi connectivity index (χ4n) is 1.86. The maximum absolute atomic E-state index is 5.65. The van der Waals surface area contributed by atoms with Crippen LogP contribution in [0.3, 0.4) is 0 Å². The minimum atomic E-state index is 0.266. The summed E-state index contributed by atoms with van der Waals surface area (Å²) >= 11 is 0. The zero-order valence-electron chi connectivity index (χ0n) is 10.0. The van der Waals surface area contributed by atoms with Crippen LogP contribution in [-0.4, -0.2) is 34.9 Å². The summed E-state index contributed by atoms with van der Waals surface area (Å²) in [7, 11) is 1.98. The molecule has 0 unspecified atom stereocenters. The molecule has 1 fully saturated rings. The van der Waals surface area contributed by atoms with Crippen molar-refractivity contribution in [3.8, 4) is 6.01 Å². The minimum absolute atomic E-state index is 0.266. The van der Waals surface area contributed by atoms with Crippen molar-refractivity contribution in [2.24, 2.45) is 5.92 Å². The van der Waals surface area contributed by atoms with E-state index in [-0.39, 0.29) is 6.10 Å². The Kier molecular flexibility index (Phi) is 3.33. The second-order valence-electron chi connectivity index (χ2n) is 4.40. The number of ether oxygens (including phenoxy) is 1. The Balaban J connectivity index is 1.84. The van der Waals surface area contributed by atoms with Crippen molar-refractivity contribution in [1.29, 1.82) is 0 Å². The lowest BCUT2D eigenvalue weighted by atomic mass is 9.82. The van der Waals surface area contributed by atoms with Crippen molar-refractivity contribution in [1.82, 2.24) is 20.5 Å². The van der Waals surface area contributed by atoms with Crippen LogP contribution in [0, 0.1) is 19.8 Å². The number of nitrogens with one attached hydrogen (secondary N) is 1. The molecule has 88 valence electrons. The van der Waals surface area contributed by atoms with Gasteiger partial charge in [0.05, 0.1) is 11.4 Å². The molecule has 0 aliphatic heterocycles. The maximum Gasteiger partial charge on any atom is 0.336 e. The van der Waals surface area contributed by atoms with Crippen LogP contribution in [0.2, 0.25) is 0 Å². The van der Waals surface area contributed by atoms with E-state index in [0.717, 1.165) is 36.7 Å². The number of rotatable bonds is 4. The number of aryl methyl sites for hydroxylation is 2. The normalized spacial score (nSPS) is 23.9. The highest BCUT2D eigenvalue weighted by molar-refractivity contribution is 5.08. The average molecular weight is 222 g/mol. The van der Waals surface area contributed by atoms with Gasteiger partial charge in [0, 0.05) is 0 Å². The first-order valence-corrected chi connectivity index (χ1v) is 5.68. The molecule has 1 aliphatic carbocycles. The number of aromatic nitrogens is 3. The van der Waals surface area contributed by atoms with Gasteiger partial charge in [0.15, 0.2) is 0 Å². The van der Waals surface area contributed by atoms with Crippen LogP contribution in [0.25, 0.3) is 0 Å². The molecule has 1 saturated carbocycles. The van der Waals surface area contributed by atoms with Crippen molar-refractivity contribution in [2.45, 2.75) is 32.8 Å². The SMILES string of the molecule is CNCC1CC(Oc2nnc(C)c(C)n2)C1. The first kappa shape index (κ1) is 11.3. The number of nitrogens with zero attached hydrogens (tertiary/aromatic N) is 3. The number of hydrogen-bond donors (Lipinski definition) is 1. The Bertz CT molecular complexity index is 363. The summed E-state index contributed by atoms with van der Waals surface area (Å²) in [5, 5.41) is 11.1. The van der Waals surface area contributed by atoms with Gasteiger partial charge in [-0.15, -0.1) is 5.10 Å². The molecular formula is C11H18N4O. The van der Waals surface area contributed by atoms with Gasteiger partial charge >= 0.3 is 6.01 Å². The lowest BCUT2D eigenvalue weighted by Crippen LogP contribution is -2.39. The molecule has 0 atom stereocenters. The van der Waals surface area contributed by atoms with E-state index in [2.05, 4.69) is 20.5 Å². The molecule has 1 N–H and O–H groups in total. The van der Waals surface area contributed by atoms with Crippen LogP contribution in [0.5, 0.6) is 6.01 Å². The van der Waals surface area contributed by atoms with Crippen LogP contribution in [0.1, 0.15) is 24.2 Å². The van der Waals surface area contributed by atoms with Crippen LogP contribution >= 0.6 is 0 Å². The zero-order valence-corrected chi connectivity index (χ0v) is 10.0. The van der Waals surface area contributed by atoms with Crippen LogP contribution in [0.4, 0.5) is 0 Å². The van der Waals surface area contributed by atoms with Crippen molar-refractivity contribution in [3.63, 3.8) is 0 Å². The highest BCUT2D eigenvalue weighted by atomic mass is 16.5. The Morgan fingerprint density at radius 2 is 2.00 bits per heavy atom. The quantitative estimate of drug-likeness (QED) is 0.819. The summed E-state index contributed by atoms with van der Waals surface area (Å²) < 4.78 is 5.65. The maximum atomic E-state index is 5.65. The summed E-state index contributed by atoms with van der Waals surface area (Å²) in [6.45, 7) is 4.87. The smallest absolute Gasteiger partial charge is 0.336 e. The fourth-order valence-corrected chi connectivity index (χ4v) is 1.86. The lowest BCUT2D eigenvalue weighted by molar-refractivity contribution is 0.0560. The molecule has 1 aromatic heterocycles. The summed E-state index contributed by atoms with van der Waals surface area (Å²) in [5.41, 5.74) is 1.74. The third kappa shape index (κ3) is 2.47. The van der Waals surface area contributed by atoms with E-state index in [1.807, 2.05) is 20.9 Å². The van der Waals surface area contributed by atoms with Gasteiger partial charge in [-0.25, -0.2) is 0 Å². The molecule has 0 saturated heterocycles. The zero-order chi connectivity index (χ0) is 11.5. The first-order valence-electron chi connectivity index (χ1n) is 5.68. The molecule has 1 aromatic rings. The Labute approximate surface area is 95.6 Å². The Hall–Kier alpha value is -1.23. The molecule has 0 amide bonds. The van der Waals surface area contributed by atoms with Crippen molar-refractivity contribution in [2.75, 3.05) is 13.6 Å². The van der Waals surface area contributed by atoms with Crippen molar-refractivity contribution in [3.05, 3.63) is 11.4 Å². The molecule has 0 aromatic carbocycles. The van der Waals surface area contributed by atoms with E-state index in [1.165, 1.54) is 0 Å². The highest BCUT2D eigenvalue weighted by Gasteiger charge is 2.30. The highest BCUT2D eigenvalue weighted by Crippen LogP contribution is 2.29. The molecule has 5 heteroatoms. The summed E-state index contributed by atoms with van der Waals surface area (Å²) in [5.74, 6) is 0.731. The third-order valence-corrected chi connectivity index (χ3v) is 3.03. The molecule has 0 bridgehead atoms. The predicted octanol–water partition coefficient (Wildman–Crippen LogP) is 0.865. The second kappa shape index (κ2) is 4.74. The van der Waals surface area contributed by atoms with Gasteiger partial charge in [0.2, 0.25) is 0 Å². The van der Waals surface area contributed by atoms with Crippen LogP contribution in [-0.2, 0) is 0 Å². The van der Waals surface area contributed by atoms with Gasteiger partial charge in [-0.1, -0.05) is 5.10 Å². The fraction of sp³-hybridized carbons (Fsp3) is 0.727. The van der Waals surface area contributed by atoms with Crippen LogP contribution in [0.15, 0.2) is 0 Å². The molecule has 5 nitrogen and oxygen atoms in total. The van der Waals surface area contributed by atoms with E-state index >= 15 is 0 Å². The van der Waals surface area contributed by atoms with Crippen molar-refractivity contribution >= 4 is 0 Å². The van der Waals surface area contributed by atoms with Gasteiger partial charge in [0.1, 0.15) is 6.10 Å². The van der Waals surface area contributed by atoms with Gasteiger partial charge in [-0.3, -0.25) is 0 Å². The molecule has 2 rings (SSSR count). The molecule has 0 spiro atoms. The van der Waals surface area contributed by atoms with Gasteiger partial charge in [0.25, 0.3) is 0 Å². The van der Waals surface area contributed by atoms with E-state index in [4.69, 9.17) is 4.74 Å². The Morgan fingerprint density at radius 3 is 2.62 bits per heavy atom. The monoisotopic (exact) mass is 222 g/mol.